The minimum Gasteiger partial charge on any atom is -0.353 e. The summed E-state index contributed by atoms with van der Waals surface area (Å²) in [6.07, 6.45) is 1.65. The Bertz CT molecular complexity index is 784. The third-order valence-electron chi connectivity index (χ3n) is 4.59. The van der Waals surface area contributed by atoms with Crippen molar-refractivity contribution in [3.8, 4) is 6.07 Å². The summed E-state index contributed by atoms with van der Waals surface area (Å²) >= 11 is 0. The second-order valence-electron chi connectivity index (χ2n) is 6.57. The molecule has 1 fully saturated rings. The molecule has 1 aromatic carbocycles. The largest absolute Gasteiger partial charge is 0.353 e. The molecule has 0 saturated carbocycles. The van der Waals surface area contributed by atoms with Crippen molar-refractivity contribution in [3.05, 3.63) is 59.3 Å². The smallest absolute Gasteiger partial charge is 0.253 e. The number of benzene rings is 1. The molecule has 25 heavy (non-hydrogen) atoms. The van der Waals surface area contributed by atoms with Crippen LogP contribution in [0.5, 0.6) is 0 Å². The van der Waals surface area contributed by atoms with Crippen LogP contribution < -0.4 is 4.90 Å². The van der Waals surface area contributed by atoms with E-state index in [0.29, 0.717) is 24.6 Å². The Labute approximate surface area is 148 Å². The normalized spacial score (nSPS) is 14.5. The Balaban J connectivity index is 1.63. The summed E-state index contributed by atoms with van der Waals surface area (Å²) in [6.45, 7) is 7.04. The van der Waals surface area contributed by atoms with Gasteiger partial charge in [-0.25, -0.2) is 4.98 Å². The van der Waals surface area contributed by atoms with E-state index in [1.165, 1.54) is 5.56 Å². The van der Waals surface area contributed by atoms with Crippen molar-refractivity contribution in [1.29, 1.82) is 5.26 Å². The topological polar surface area (TPSA) is 60.2 Å². The van der Waals surface area contributed by atoms with E-state index < -0.39 is 0 Å². The van der Waals surface area contributed by atoms with Crippen LogP contribution in [0.1, 0.15) is 41.3 Å². The van der Waals surface area contributed by atoms with Crippen molar-refractivity contribution in [2.75, 3.05) is 31.1 Å². The van der Waals surface area contributed by atoms with Crippen LogP contribution >= 0.6 is 0 Å². The Hall–Kier alpha value is -2.87. The van der Waals surface area contributed by atoms with E-state index in [4.69, 9.17) is 5.26 Å². The number of amides is 1. The molecule has 0 spiro atoms. The molecule has 0 aliphatic carbocycles. The number of aromatic nitrogens is 1. The van der Waals surface area contributed by atoms with Gasteiger partial charge in [0, 0.05) is 37.9 Å². The van der Waals surface area contributed by atoms with Gasteiger partial charge in [-0.1, -0.05) is 26.0 Å². The van der Waals surface area contributed by atoms with E-state index in [9.17, 15) is 4.79 Å². The van der Waals surface area contributed by atoms with Gasteiger partial charge in [-0.05, 0) is 35.7 Å². The summed E-state index contributed by atoms with van der Waals surface area (Å²) in [5.41, 5.74) is 2.58. The lowest BCUT2D eigenvalue weighted by molar-refractivity contribution is 0.0746. The van der Waals surface area contributed by atoms with Crippen molar-refractivity contribution in [2.45, 2.75) is 19.8 Å². The number of carbonyl (C=O) groups excluding carboxylic acids is 1. The van der Waals surface area contributed by atoms with E-state index in [0.717, 1.165) is 24.5 Å². The maximum atomic E-state index is 12.7. The van der Waals surface area contributed by atoms with Gasteiger partial charge >= 0.3 is 0 Å². The van der Waals surface area contributed by atoms with E-state index in [-0.39, 0.29) is 5.91 Å². The number of hydrogen-bond acceptors (Lipinski definition) is 4. The Morgan fingerprint density at radius 1 is 1.12 bits per heavy atom. The predicted octanol–water partition coefficient (Wildman–Crippen LogP) is 3.04. The third-order valence-corrected chi connectivity index (χ3v) is 4.59. The van der Waals surface area contributed by atoms with Crippen LogP contribution in [0.4, 0.5) is 5.82 Å². The maximum absolute atomic E-state index is 12.7. The fourth-order valence-electron chi connectivity index (χ4n) is 2.99. The molecule has 1 aliphatic heterocycles. The first-order valence-electron chi connectivity index (χ1n) is 8.59. The first kappa shape index (κ1) is 17.0. The van der Waals surface area contributed by atoms with E-state index >= 15 is 0 Å². The zero-order chi connectivity index (χ0) is 17.8. The molecule has 0 bridgehead atoms. The number of piperazine rings is 1. The summed E-state index contributed by atoms with van der Waals surface area (Å²) < 4.78 is 0. The number of pyridine rings is 1. The molecule has 2 aromatic rings. The zero-order valence-corrected chi connectivity index (χ0v) is 14.6. The molecule has 128 valence electrons. The molecule has 5 nitrogen and oxygen atoms in total. The molecule has 0 radical (unpaired) electrons. The number of nitriles is 1. The highest BCUT2D eigenvalue weighted by atomic mass is 16.2. The second kappa shape index (κ2) is 7.35. The highest BCUT2D eigenvalue weighted by Crippen LogP contribution is 2.18. The van der Waals surface area contributed by atoms with Crippen LogP contribution in [0.15, 0.2) is 42.6 Å². The van der Waals surface area contributed by atoms with Crippen molar-refractivity contribution in [1.82, 2.24) is 9.88 Å². The average Bonchev–Trinajstić information content (AvgIpc) is 2.67. The highest BCUT2D eigenvalue weighted by Gasteiger charge is 2.23. The molecule has 2 heterocycles. The summed E-state index contributed by atoms with van der Waals surface area (Å²) in [7, 11) is 0. The highest BCUT2D eigenvalue weighted by molar-refractivity contribution is 5.94. The van der Waals surface area contributed by atoms with Crippen molar-refractivity contribution in [3.63, 3.8) is 0 Å². The first-order valence-corrected chi connectivity index (χ1v) is 8.59. The summed E-state index contributed by atoms with van der Waals surface area (Å²) in [5, 5.41) is 9.01. The van der Waals surface area contributed by atoms with Gasteiger partial charge in [0.15, 0.2) is 0 Å². The Kier molecular flexibility index (Phi) is 4.99. The molecular weight excluding hydrogens is 312 g/mol. The number of nitrogens with zero attached hydrogens (tertiary/aromatic N) is 4. The van der Waals surface area contributed by atoms with Crippen LogP contribution in [0.25, 0.3) is 0 Å². The Morgan fingerprint density at radius 2 is 1.80 bits per heavy atom. The lowest BCUT2D eigenvalue weighted by Crippen LogP contribution is -2.49. The lowest BCUT2D eigenvalue weighted by Gasteiger charge is -2.35. The fourth-order valence-corrected chi connectivity index (χ4v) is 2.99. The molecular formula is C20H22N4O. The van der Waals surface area contributed by atoms with Crippen LogP contribution in [-0.4, -0.2) is 42.0 Å². The van der Waals surface area contributed by atoms with Gasteiger partial charge < -0.3 is 9.80 Å². The van der Waals surface area contributed by atoms with Crippen molar-refractivity contribution in [2.24, 2.45) is 0 Å². The third kappa shape index (κ3) is 3.80. The minimum atomic E-state index is 0.0775. The molecule has 1 aromatic heterocycles. The van der Waals surface area contributed by atoms with E-state index in [2.05, 4.69) is 29.8 Å². The van der Waals surface area contributed by atoms with Gasteiger partial charge in [-0.15, -0.1) is 0 Å². The van der Waals surface area contributed by atoms with Crippen molar-refractivity contribution < 1.29 is 4.79 Å². The molecule has 1 aliphatic rings. The second-order valence-corrected chi connectivity index (χ2v) is 6.57. The Morgan fingerprint density at radius 3 is 2.40 bits per heavy atom. The quantitative estimate of drug-likeness (QED) is 0.865. The monoisotopic (exact) mass is 334 g/mol. The molecule has 0 unspecified atom stereocenters. The zero-order valence-electron chi connectivity index (χ0n) is 14.6. The standard InChI is InChI=1S/C20H22N4O/c1-15(2)17-3-5-18(6-4-17)20(25)24-11-9-23(10-12-24)19-13-16(14-21)7-8-22-19/h3-8,13,15H,9-12H2,1-2H3. The van der Waals surface area contributed by atoms with Gasteiger partial charge in [-0.2, -0.15) is 5.26 Å². The molecule has 3 rings (SSSR count). The van der Waals surface area contributed by atoms with Gasteiger partial charge in [0.05, 0.1) is 11.6 Å². The van der Waals surface area contributed by atoms with Gasteiger partial charge in [-0.3, -0.25) is 4.79 Å². The minimum absolute atomic E-state index is 0.0775. The van der Waals surface area contributed by atoms with Gasteiger partial charge in [0.1, 0.15) is 5.82 Å². The molecule has 1 saturated heterocycles. The number of anilines is 1. The van der Waals surface area contributed by atoms with Crippen LogP contribution in [0.3, 0.4) is 0 Å². The summed E-state index contributed by atoms with van der Waals surface area (Å²) in [4.78, 5) is 21.0. The average molecular weight is 334 g/mol. The molecule has 5 heteroatoms. The summed E-state index contributed by atoms with van der Waals surface area (Å²) in [6, 6.07) is 13.5. The van der Waals surface area contributed by atoms with Crippen LogP contribution in [0, 0.1) is 11.3 Å². The maximum Gasteiger partial charge on any atom is 0.253 e. The number of carbonyl (C=O) groups is 1. The summed E-state index contributed by atoms with van der Waals surface area (Å²) in [5.74, 6) is 1.34. The fraction of sp³-hybridized carbons (Fsp3) is 0.350. The van der Waals surface area contributed by atoms with Gasteiger partial charge in [0.2, 0.25) is 0 Å². The van der Waals surface area contributed by atoms with Crippen LogP contribution in [-0.2, 0) is 0 Å². The molecule has 0 N–H and O–H groups in total. The van der Waals surface area contributed by atoms with Gasteiger partial charge in [0.25, 0.3) is 5.91 Å². The van der Waals surface area contributed by atoms with Crippen LogP contribution in [0.2, 0.25) is 0 Å². The molecule has 1 amide bonds. The lowest BCUT2D eigenvalue weighted by atomic mass is 10.0. The van der Waals surface area contributed by atoms with Crippen molar-refractivity contribution >= 4 is 11.7 Å². The number of rotatable bonds is 3. The predicted molar refractivity (Wildman–Crippen MR) is 97.6 cm³/mol. The van der Waals surface area contributed by atoms with E-state index in [1.807, 2.05) is 29.2 Å². The number of hydrogen-bond donors (Lipinski definition) is 0. The first-order chi connectivity index (χ1) is 12.1. The van der Waals surface area contributed by atoms with E-state index in [1.54, 1.807) is 18.3 Å². The SMILES string of the molecule is CC(C)c1ccc(C(=O)N2CCN(c3cc(C#N)ccn3)CC2)cc1. The molecule has 0 atom stereocenters.